The fraction of sp³-hybridized carbons (Fsp3) is 0.211. The monoisotopic (exact) mass is 370 g/mol. The number of ether oxygens (including phenoxy) is 1. The van der Waals surface area contributed by atoms with Crippen LogP contribution in [0.15, 0.2) is 53.4 Å². The Labute approximate surface area is 155 Å². The standard InChI is InChI=1S/C19H18N2O4S/c1-12(18(23)20-14-5-3-2-4-6-14)25-19(24)13-7-8-16-15(11-13)21-17(22)9-10-26-16/h2-8,11-12H,9-10H2,1H3,(H,20,23)(H,21,22)/t12-/m0/s1. The molecule has 2 aromatic carbocycles. The predicted molar refractivity (Wildman–Crippen MR) is 100 cm³/mol. The lowest BCUT2D eigenvalue weighted by Gasteiger charge is -2.14. The molecule has 1 aliphatic heterocycles. The molecule has 0 saturated carbocycles. The summed E-state index contributed by atoms with van der Waals surface area (Å²) in [6.45, 7) is 1.51. The van der Waals surface area contributed by atoms with Gasteiger partial charge in [-0.05, 0) is 37.3 Å². The van der Waals surface area contributed by atoms with Gasteiger partial charge < -0.3 is 15.4 Å². The molecular weight excluding hydrogens is 352 g/mol. The van der Waals surface area contributed by atoms with Gasteiger partial charge in [-0.1, -0.05) is 18.2 Å². The first-order valence-corrected chi connectivity index (χ1v) is 9.15. The lowest BCUT2D eigenvalue weighted by molar-refractivity contribution is -0.123. The Balaban J connectivity index is 1.66. The van der Waals surface area contributed by atoms with Crippen molar-refractivity contribution in [1.82, 2.24) is 0 Å². The Morgan fingerprint density at radius 1 is 1.19 bits per heavy atom. The second-order valence-electron chi connectivity index (χ2n) is 5.76. The van der Waals surface area contributed by atoms with Crippen molar-refractivity contribution < 1.29 is 19.1 Å². The molecule has 2 aromatic rings. The number of carbonyl (C=O) groups is 3. The third-order valence-corrected chi connectivity index (χ3v) is 4.85. The van der Waals surface area contributed by atoms with E-state index in [0.717, 1.165) is 4.90 Å². The number of anilines is 2. The van der Waals surface area contributed by atoms with Crippen LogP contribution in [0.2, 0.25) is 0 Å². The molecule has 2 amide bonds. The maximum absolute atomic E-state index is 12.3. The number of carbonyl (C=O) groups excluding carboxylic acids is 3. The average molecular weight is 370 g/mol. The Morgan fingerprint density at radius 3 is 2.73 bits per heavy atom. The number of benzene rings is 2. The number of amides is 2. The zero-order valence-corrected chi connectivity index (χ0v) is 15.0. The first-order valence-electron chi connectivity index (χ1n) is 8.16. The zero-order chi connectivity index (χ0) is 18.5. The minimum absolute atomic E-state index is 0.0858. The topological polar surface area (TPSA) is 84.5 Å². The second kappa shape index (κ2) is 8.05. The van der Waals surface area contributed by atoms with Gasteiger partial charge in [-0.2, -0.15) is 0 Å². The van der Waals surface area contributed by atoms with Gasteiger partial charge in [0.1, 0.15) is 0 Å². The highest BCUT2D eigenvalue weighted by Gasteiger charge is 2.21. The van der Waals surface area contributed by atoms with E-state index in [1.807, 2.05) is 6.07 Å². The first kappa shape index (κ1) is 18.0. The Hall–Kier alpha value is -2.80. The number of esters is 1. The second-order valence-corrected chi connectivity index (χ2v) is 6.90. The van der Waals surface area contributed by atoms with Crippen molar-refractivity contribution in [2.75, 3.05) is 16.4 Å². The van der Waals surface area contributed by atoms with E-state index in [-0.39, 0.29) is 11.5 Å². The number of fused-ring (bicyclic) bond motifs is 1. The molecule has 0 saturated heterocycles. The number of thioether (sulfide) groups is 1. The van der Waals surface area contributed by atoms with Gasteiger partial charge in [0.2, 0.25) is 5.91 Å². The Morgan fingerprint density at radius 2 is 1.96 bits per heavy atom. The van der Waals surface area contributed by atoms with Crippen molar-refractivity contribution >= 4 is 40.9 Å². The number of nitrogens with one attached hydrogen (secondary N) is 2. The van der Waals surface area contributed by atoms with Gasteiger partial charge >= 0.3 is 5.97 Å². The van der Waals surface area contributed by atoms with Crippen LogP contribution >= 0.6 is 11.8 Å². The highest BCUT2D eigenvalue weighted by molar-refractivity contribution is 7.99. The first-order chi connectivity index (χ1) is 12.5. The molecule has 0 unspecified atom stereocenters. The fourth-order valence-electron chi connectivity index (χ4n) is 2.39. The maximum Gasteiger partial charge on any atom is 0.338 e. The highest BCUT2D eigenvalue weighted by Crippen LogP contribution is 2.31. The van der Waals surface area contributed by atoms with E-state index in [1.54, 1.807) is 54.2 Å². The van der Waals surface area contributed by atoms with Crippen LogP contribution in [0.4, 0.5) is 11.4 Å². The number of hydrogen-bond donors (Lipinski definition) is 2. The van der Waals surface area contributed by atoms with Crippen molar-refractivity contribution in [3.8, 4) is 0 Å². The van der Waals surface area contributed by atoms with Crippen molar-refractivity contribution in [2.45, 2.75) is 24.3 Å². The zero-order valence-electron chi connectivity index (χ0n) is 14.2. The molecule has 6 nitrogen and oxygen atoms in total. The van der Waals surface area contributed by atoms with Gasteiger partial charge in [-0.25, -0.2) is 4.79 Å². The van der Waals surface area contributed by atoms with E-state index >= 15 is 0 Å². The summed E-state index contributed by atoms with van der Waals surface area (Å²) in [5.74, 6) is -0.424. The van der Waals surface area contributed by atoms with E-state index in [2.05, 4.69) is 10.6 Å². The van der Waals surface area contributed by atoms with E-state index < -0.39 is 18.0 Å². The van der Waals surface area contributed by atoms with Gasteiger partial charge in [0.25, 0.3) is 5.91 Å². The van der Waals surface area contributed by atoms with E-state index in [1.165, 1.54) is 6.92 Å². The predicted octanol–water partition coefficient (Wildman–Crippen LogP) is 3.30. The molecule has 1 heterocycles. The van der Waals surface area contributed by atoms with Crippen molar-refractivity contribution in [3.63, 3.8) is 0 Å². The van der Waals surface area contributed by atoms with Crippen molar-refractivity contribution in [3.05, 3.63) is 54.1 Å². The Kier molecular flexibility index (Phi) is 5.58. The molecule has 0 fully saturated rings. The molecule has 0 spiro atoms. The normalized spacial score (nSPS) is 14.4. The summed E-state index contributed by atoms with van der Waals surface area (Å²) in [4.78, 5) is 37.1. The lowest BCUT2D eigenvalue weighted by atomic mass is 10.2. The van der Waals surface area contributed by atoms with E-state index in [4.69, 9.17) is 4.74 Å². The van der Waals surface area contributed by atoms with E-state index in [9.17, 15) is 14.4 Å². The molecule has 7 heteroatoms. The van der Waals surface area contributed by atoms with Crippen molar-refractivity contribution in [1.29, 1.82) is 0 Å². The van der Waals surface area contributed by atoms with Crippen LogP contribution in [0.25, 0.3) is 0 Å². The quantitative estimate of drug-likeness (QED) is 0.807. The van der Waals surface area contributed by atoms with Gasteiger partial charge in [0.05, 0.1) is 11.3 Å². The van der Waals surface area contributed by atoms with Crippen molar-refractivity contribution in [2.24, 2.45) is 0 Å². The molecule has 3 rings (SSSR count). The summed E-state index contributed by atoms with van der Waals surface area (Å²) in [5.41, 5.74) is 1.50. The molecule has 1 aliphatic rings. The van der Waals surface area contributed by atoms with Crippen LogP contribution in [-0.4, -0.2) is 29.6 Å². The third-order valence-electron chi connectivity index (χ3n) is 3.77. The lowest BCUT2D eigenvalue weighted by Crippen LogP contribution is -2.30. The van der Waals surface area contributed by atoms with Gasteiger partial charge in [0.15, 0.2) is 6.10 Å². The molecule has 0 bridgehead atoms. The smallest absolute Gasteiger partial charge is 0.338 e. The molecule has 134 valence electrons. The third kappa shape index (κ3) is 4.43. The van der Waals surface area contributed by atoms with Crippen LogP contribution in [-0.2, 0) is 14.3 Å². The summed E-state index contributed by atoms with van der Waals surface area (Å²) >= 11 is 1.55. The van der Waals surface area contributed by atoms with Crippen LogP contribution in [0.1, 0.15) is 23.7 Å². The average Bonchev–Trinajstić information content (AvgIpc) is 2.82. The summed E-state index contributed by atoms with van der Waals surface area (Å²) in [6, 6.07) is 13.9. The maximum atomic E-state index is 12.3. The van der Waals surface area contributed by atoms with Crippen LogP contribution in [0.3, 0.4) is 0 Å². The molecular formula is C19H18N2O4S. The largest absolute Gasteiger partial charge is 0.449 e. The fourth-order valence-corrected chi connectivity index (χ4v) is 3.33. The number of hydrogen-bond acceptors (Lipinski definition) is 5. The minimum Gasteiger partial charge on any atom is -0.449 e. The van der Waals surface area contributed by atoms with Gasteiger partial charge in [-0.3, -0.25) is 9.59 Å². The SMILES string of the molecule is C[C@H](OC(=O)c1ccc2c(c1)NC(=O)CCS2)C(=O)Nc1ccccc1. The molecule has 2 N–H and O–H groups in total. The summed E-state index contributed by atoms with van der Waals surface area (Å²) in [7, 11) is 0. The summed E-state index contributed by atoms with van der Waals surface area (Å²) in [5, 5.41) is 5.47. The minimum atomic E-state index is -0.953. The van der Waals surface area contributed by atoms with Gasteiger partial charge in [-0.15, -0.1) is 11.8 Å². The molecule has 0 aliphatic carbocycles. The molecule has 0 radical (unpaired) electrons. The number of rotatable bonds is 4. The molecule has 1 atom stereocenters. The summed E-state index contributed by atoms with van der Waals surface area (Å²) in [6.07, 6.45) is -0.527. The Bertz CT molecular complexity index is 839. The molecule has 0 aromatic heterocycles. The van der Waals surface area contributed by atoms with Crippen LogP contribution in [0.5, 0.6) is 0 Å². The van der Waals surface area contributed by atoms with Crippen LogP contribution in [0, 0.1) is 0 Å². The highest BCUT2D eigenvalue weighted by atomic mass is 32.2. The van der Waals surface area contributed by atoms with Crippen LogP contribution < -0.4 is 10.6 Å². The molecule has 26 heavy (non-hydrogen) atoms. The summed E-state index contributed by atoms with van der Waals surface area (Å²) < 4.78 is 5.25. The van der Waals surface area contributed by atoms with E-state index in [0.29, 0.717) is 23.5 Å². The number of para-hydroxylation sites is 1. The van der Waals surface area contributed by atoms with Gasteiger partial charge in [0, 0.05) is 22.8 Å².